The molecule has 1 aromatic heterocycles. The van der Waals surface area contributed by atoms with E-state index in [1.807, 2.05) is 6.20 Å². The number of hydrogen-bond acceptors (Lipinski definition) is 3. The predicted molar refractivity (Wildman–Crippen MR) is 74.2 cm³/mol. The molecule has 2 N–H and O–H groups in total. The van der Waals surface area contributed by atoms with E-state index in [1.165, 1.54) is 37.9 Å². The first-order valence-corrected chi connectivity index (χ1v) is 7.25. The Hall–Kier alpha value is -0.870. The molecule has 2 rings (SSSR count). The molecule has 0 amide bonds. The topological polar surface area (TPSA) is 47.1 Å². The van der Waals surface area contributed by atoms with E-state index in [0.717, 1.165) is 32.0 Å². The summed E-state index contributed by atoms with van der Waals surface area (Å²) in [6.07, 6.45) is 9.18. The molecule has 0 spiro atoms. The molecule has 0 bridgehead atoms. The number of aromatic nitrogens is 2. The molecule has 0 saturated carbocycles. The van der Waals surface area contributed by atoms with Gasteiger partial charge in [-0.05, 0) is 44.7 Å². The Morgan fingerprint density at radius 3 is 3.17 bits per heavy atom. The van der Waals surface area contributed by atoms with Crippen LogP contribution >= 0.6 is 0 Å². The second-order valence-electron chi connectivity index (χ2n) is 5.43. The Morgan fingerprint density at radius 1 is 1.50 bits per heavy atom. The smallest absolute Gasteiger partial charge is 0.0534 e. The van der Waals surface area contributed by atoms with Crippen molar-refractivity contribution in [1.29, 1.82) is 0 Å². The molecule has 1 aliphatic heterocycles. The maximum absolute atomic E-state index is 5.66. The molecule has 1 fully saturated rings. The molecule has 102 valence electrons. The summed E-state index contributed by atoms with van der Waals surface area (Å²) in [5.74, 6) is 0.800. The zero-order chi connectivity index (χ0) is 12.8. The molecule has 4 nitrogen and oxygen atoms in total. The van der Waals surface area contributed by atoms with Crippen LogP contribution in [0, 0.1) is 5.92 Å². The van der Waals surface area contributed by atoms with E-state index in [1.54, 1.807) is 0 Å². The monoisotopic (exact) mass is 250 g/mol. The standard InChI is InChI=1S/C14H26N4/c1-2-7-18-12-14(9-16-18)11-17-8-3-4-13(10-17)5-6-15/h9,12-13H,2-8,10-11,15H2,1H3. The SMILES string of the molecule is CCCn1cc(CN2CCCC(CCN)C2)cn1. The van der Waals surface area contributed by atoms with Crippen LogP contribution in [-0.4, -0.2) is 34.3 Å². The van der Waals surface area contributed by atoms with Crippen molar-refractivity contribution in [2.45, 2.75) is 45.7 Å². The summed E-state index contributed by atoms with van der Waals surface area (Å²) in [4.78, 5) is 2.55. The van der Waals surface area contributed by atoms with Crippen LogP contribution in [0.25, 0.3) is 0 Å². The highest BCUT2D eigenvalue weighted by Crippen LogP contribution is 2.20. The van der Waals surface area contributed by atoms with E-state index in [-0.39, 0.29) is 0 Å². The maximum atomic E-state index is 5.66. The highest BCUT2D eigenvalue weighted by atomic mass is 15.3. The number of piperidine rings is 1. The lowest BCUT2D eigenvalue weighted by molar-refractivity contribution is 0.163. The minimum Gasteiger partial charge on any atom is -0.330 e. The van der Waals surface area contributed by atoms with Gasteiger partial charge in [0.05, 0.1) is 6.20 Å². The second kappa shape index (κ2) is 6.90. The van der Waals surface area contributed by atoms with Crippen molar-refractivity contribution >= 4 is 0 Å². The summed E-state index contributed by atoms with van der Waals surface area (Å²) >= 11 is 0. The first-order valence-electron chi connectivity index (χ1n) is 7.25. The second-order valence-corrected chi connectivity index (χ2v) is 5.43. The van der Waals surface area contributed by atoms with Crippen LogP contribution in [0.1, 0.15) is 38.2 Å². The first-order chi connectivity index (χ1) is 8.81. The minimum absolute atomic E-state index is 0.800. The fraction of sp³-hybridized carbons (Fsp3) is 0.786. The van der Waals surface area contributed by atoms with Gasteiger partial charge in [0, 0.05) is 31.4 Å². The van der Waals surface area contributed by atoms with Crippen molar-refractivity contribution in [3.8, 4) is 0 Å². The predicted octanol–water partition coefficient (Wildman–Crippen LogP) is 1.85. The molecule has 2 heterocycles. The molecule has 1 atom stereocenters. The van der Waals surface area contributed by atoms with Crippen LogP contribution in [-0.2, 0) is 13.1 Å². The van der Waals surface area contributed by atoms with Crippen LogP contribution in [0.15, 0.2) is 12.4 Å². The fourth-order valence-electron chi connectivity index (χ4n) is 2.86. The van der Waals surface area contributed by atoms with Gasteiger partial charge < -0.3 is 5.73 Å². The molecule has 1 aliphatic rings. The van der Waals surface area contributed by atoms with Gasteiger partial charge in [-0.3, -0.25) is 9.58 Å². The lowest BCUT2D eigenvalue weighted by Gasteiger charge is -2.32. The molecule has 1 saturated heterocycles. The van der Waals surface area contributed by atoms with Crippen molar-refractivity contribution in [3.63, 3.8) is 0 Å². The summed E-state index contributed by atoms with van der Waals surface area (Å²) in [6, 6.07) is 0. The van der Waals surface area contributed by atoms with E-state index >= 15 is 0 Å². The third-order valence-corrected chi connectivity index (χ3v) is 3.72. The zero-order valence-corrected chi connectivity index (χ0v) is 11.5. The number of likely N-dealkylation sites (tertiary alicyclic amines) is 1. The average Bonchev–Trinajstić information content (AvgIpc) is 2.78. The molecular weight excluding hydrogens is 224 g/mol. The van der Waals surface area contributed by atoms with Gasteiger partial charge in [0.15, 0.2) is 0 Å². The van der Waals surface area contributed by atoms with Gasteiger partial charge in [0.2, 0.25) is 0 Å². The molecule has 18 heavy (non-hydrogen) atoms. The van der Waals surface area contributed by atoms with E-state index in [4.69, 9.17) is 5.73 Å². The van der Waals surface area contributed by atoms with Crippen LogP contribution in [0.5, 0.6) is 0 Å². The summed E-state index contributed by atoms with van der Waals surface area (Å²) in [7, 11) is 0. The summed E-state index contributed by atoms with van der Waals surface area (Å²) in [5.41, 5.74) is 7.01. The van der Waals surface area contributed by atoms with Crippen LogP contribution in [0.3, 0.4) is 0 Å². The molecule has 4 heteroatoms. The van der Waals surface area contributed by atoms with Crippen molar-refractivity contribution in [3.05, 3.63) is 18.0 Å². The number of nitrogens with two attached hydrogens (primary N) is 1. The highest BCUT2D eigenvalue weighted by Gasteiger charge is 2.19. The fourth-order valence-corrected chi connectivity index (χ4v) is 2.86. The average molecular weight is 250 g/mol. The molecule has 1 aromatic rings. The van der Waals surface area contributed by atoms with Gasteiger partial charge in [-0.1, -0.05) is 6.92 Å². The van der Waals surface area contributed by atoms with Gasteiger partial charge in [-0.2, -0.15) is 5.10 Å². The summed E-state index contributed by atoms with van der Waals surface area (Å²) < 4.78 is 2.05. The molecule has 0 aromatic carbocycles. The number of aryl methyl sites for hydroxylation is 1. The van der Waals surface area contributed by atoms with Gasteiger partial charge in [0.1, 0.15) is 0 Å². The van der Waals surface area contributed by atoms with Crippen LogP contribution in [0.2, 0.25) is 0 Å². The van der Waals surface area contributed by atoms with Gasteiger partial charge in [0.25, 0.3) is 0 Å². The van der Waals surface area contributed by atoms with Crippen molar-refractivity contribution in [2.75, 3.05) is 19.6 Å². The Kier molecular flexibility index (Phi) is 5.20. The zero-order valence-electron chi connectivity index (χ0n) is 11.5. The largest absolute Gasteiger partial charge is 0.330 e. The van der Waals surface area contributed by atoms with Gasteiger partial charge in [-0.25, -0.2) is 0 Å². The third kappa shape index (κ3) is 3.82. The van der Waals surface area contributed by atoms with Gasteiger partial charge >= 0.3 is 0 Å². The Labute approximate surface area is 110 Å². The lowest BCUT2D eigenvalue weighted by atomic mass is 9.95. The molecule has 1 unspecified atom stereocenters. The van der Waals surface area contributed by atoms with E-state index < -0.39 is 0 Å². The maximum Gasteiger partial charge on any atom is 0.0534 e. The normalized spacial score (nSPS) is 21.3. The van der Waals surface area contributed by atoms with Crippen molar-refractivity contribution < 1.29 is 0 Å². The van der Waals surface area contributed by atoms with Gasteiger partial charge in [-0.15, -0.1) is 0 Å². The van der Waals surface area contributed by atoms with Crippen LogP contribution in [0.4, 0.5) is 0 Å². The molecule has 0 radical (unpaired) electrons. The van der Waals surface area contributed by atoms with E-state index in [9.17, 15) is 0 Å². The summed E-state index contributed by atoms with van der Waals surface area (Å²) in [5, 5.41) is 4.40. The quantitative estimate of drug-likeness (QED) is 0.838. The van der Waals surface area contributed by atoms with Crippen molar-refractivity contribution in [1.82, 2.24) is 14.7 Å². The Balaban J connectivity index is 1.84. The lowest BCUT2D eigenvalue weighted by Crippen LogP contribution is -2.35. The Morgan fingerprint density at radius 2 is 2.39 bits per heavy atom. The third-order valence-electron chi connectivity index (χ3n) is 3.72. The van der Waals surface area contributed by atoms with E-state index in [2.05, 4.69) is 27.8 Å². The van der Waals surface area contributed by atoms with Crippen LogP contribution < -0.4 is 5.73 Å². The molecular formula is C14H26N4. The number of nitrogens with zero attached hydrogens (tertiary/aromatic N) is 3. The van der Waals surface area contributed by atoms with E-state index in [0.29, 0.717) is 0 Å². The number of rotatable bonds is 6. The highest BCUT2D eigenvalue weighted by molar-refractivity contribution is 5.03. The number of hydrogen-bond donors (Lipinski definition) is 1. The Bertz CT molecular complexity index is 345. The summed E-state index contributed by atoms with van der Waals surface area (Å²) in [6.45, 7) is 7.51. The van der Waals surface area contributed by atoms with Crippen molar-refractivity contribution in [2.24, 2.45) is 11.7 Å². The molecule has 0 aliphatic carbocycles. The first kappa shape index (κ1) is 13.6. The minimum atomic E-state index is 0.800.